The molecule has 0 unspecified atom stereocenters. The fraction of sp³-hybridized carbons (Fsp3) is 0.636. The molecule has 104 valence electrons. The molecule has 0 aromatic carbocycles. The van der Waals surface area contributed by atoms with Gasteiger partial charge >= 0.3 is 11.7 Å². The molecule has 1 aromatic heterocycles. The zero-order valence-corrected chi connectivity index (χ0v) is 10.9. The van der Waals surface area contributed by atoms with E-state index in [0.29, 0.717) is 17.9 Å². The molecule has 1 aromatic rings. The van der Waals surface area contributed by atoms with Gasteiger partial charge in [0, 0.05) is 13.1 Å². The largest absolute Gasteiger partial charge is 0.480 e. The number of carboxylic acids is 1. The molecule has 19 heavy (non-hydrogen) atoms. The number of anilines is 1. The maximum Gasteiger partial charge on any atom is 0.334 e. The average Bonchev–Trinajstić information content (AvgIpc) is 3.09. The van der Waals surface area contributed by atoms with Crippen LogP contribution in [-0.2, 0) is 18.3 Å². The van der Waals surface area contributed by atoms with E-state index < -0.39 is 10.9 Å². The second-order valence-corrected chi connectivity index (χ2v) is 4.61. The van der Waals surface area contributed by atoms with Crippen molar-refractivity contribution in [3.05, 3.63) is 15.8 Å². The van der Waals surface area contributed by atoms with Gasteiger partial charge < -0.3 is 10.0 Å². The van der Waals surface area contributed by atoms with E-state index in [1.54, 1.807) is 18.9 Å². The monoisotopic (exact) mass is 268 g/mol. The van der Waals surface area contributed by atoms with Gasteiger partial charge in [-0.2, -0.15) is 5.10 Å². The molecule has 1 heterocycles. The van der Waals surface area contributed by atoms with Gasteiger partial charge in [0.1, 0.15) is 12.2 Å². The Morgan fingerprint density at radius 3 is 2.68 bits per heavy atom. The number of carboxylic acid groups (broad SMARTS) is 1. The molecular weight excluding hydrogens is 252 g/mol. The van der Waals surface area contributed by atoms with Crippen molar-refractivity contribution in [2.45, 2.75) is 32.2 Å². The van der Waals surface area contributed by atoms with E-state index in [2.05, 4.69) is 5.10 Å². The first-order valence-electron chi connectivity index (χ1n) is 6.14. The third-order valence-electron chi connectivity index (χ3n) is 3.15. The van der Waals surface area contributed by atoms with Crippen LogP contribution in [0.2, 0.25) is 0 Å². The van der Waals surface area contributed by atoms with E-state index in [4.69, 9.17) is 5.11 Å². The fourth-order valence-corrected chi connectivity index (χ4v) is 2.21. The number of hydrogen-bond acceptors (Lipinski definition) is 5. The van der Waals surface area contributed by atoms with E-state index in [1.165, 1.54) is 4.68 Å². The molecule has 0 bridgehead atoms. The number of aryl methyl sites for hydroxylation is 2. The fourth-order valence-electron chi connectivity index (χ4n) is 2.21. The minimum atomic E-state index is -1.000. The maximum absolute atomic E-state index is 11.2. The summed E-state index contributed by atoms with van der Waals surface area (Å²) in [5, 5.41) is 24.3. The molecular formula is C11H16N4O4. The molecule has 1 saturated carbocycles. The van der Waals surface area contributed by atoms with Gasteiger partial charge in [-0.3, -0.25) is 14.9 Å². The molecule has 0 radical (unpaired) electrons. The van der Waals surface area contributed by atoms with Gasteiger partial charge in [-0.15, -0.1) is 0 Å². The van der Waals surface area contributed by atoms with E-state index >= 15 is 0 Å². The lowest BCUT2D eigenvalue weighted by molar-refractivity contribution is -0.384. The minimum Gasteiger partial charge on any atom is -0.480 e. The quantitative estimate of drug-likeness (QED) is 0.608. The van der Waals surface area contributed by atoms with Crippen molar-refractivity contribution in [2.24, 2.45) is 7.05 Å². The molecule has 8 nitrogen and oxygen atoms in total. The summed E-state index contributed by atoms with van der Waals surface area (Å²) in [6, 6.07) is 0.0647. The highest BCUT2D eigenvalue weighted by Gasteiger charge is 2.38. The molecule has 2 rings (SSSR count). The summed E-state index contributed by atoms with van der Waals surface area (Å²) in [4.78, 5) is 23.3. The van der Waals surface area contributed by atoms with Crippen molar-refractivity contribution in [1.82, 2.24) is 9.78 Å². The van der Waals surface area contributed by atoms with Gasteiger partial charge in [0.2, 0.25) is 5.82 Å². The van der Waals surface area contributed by atoms with Crippen molar-refractivity contribution in [2.75, 3.05) is 11.4 Å². The van der Waals surface area contributed by atoms with E-state index in [-0.39, 0.29) is 18.3 Å². The van der Waals surface area contributed by atoms with Crippen LogP contribution in [0, 0.1) is 10.1 Å². The number of aromatic nitrogens is 2. The van der Waals surface area contributed by atoms with Crippen molar-refractivity contribution in [3.8, 4) is 0 Å². The SMILES string of the molecule is CCc1nn(C)c(N(CC(=O)O)C2CC2)c1[N+](=O)[O-]. The Labute approximate surface area is 109 Å². The van der Waals surface area contributed by atoms with Crippen molar-refractivity contribution < 1.29 is 14.8 Å². The highest BCUT2D eigenvalue weighted by Crippen LogP contribution is 2.38. The Hall–Kier alpha value is -2.12. The molecule has 1 N–H and O–H groups in total. The van der Waals surface area contributed by atoms with Crippen LogP contribution in [0.15, 0.2) is 0 Å². The van der Waals surface area contributed by atoms with Crippen molar-refractivity contribution in [1.29, 1.82) is 0 Å². The minimum absolute atomic E-state index is 0.0647. The van der Waals surface area contributed by atoms with Crippen molar-refractivity contribution >= 4 is 17.5 Å². The Morgan fingerprint density at radius 2 is 2.26 bits per heavy atom. The molecule has 0 aliphatic heterocycles. The normalized spacial score (nSPS) is 14.4. The maximum atomic E-state index is 11.2. The molecule has 0 saturated heterocycles. The molecule has 0 spiro atoms. The van der Waals surface area contributed by atoms with Crippen LogP contribution in [0.3, 0.4) is 0 Å². The first-order valence-corrected chi connectivity index (χ1v) is 6.14. The summed E-state index contributed by atoms with van der Waals surface area (Å²) in [5.41, 5.74) is 0.316. The van der Waals surface area contributed by atoms with Crippen LogP contribution in [0.4, 0.5) is 11.5 Å². The predicted octanol–water partition coefficient (Wildman–Crippen LogP) is 0.944. The molecule has 1 fully saturated rings. The third kappa shape index (κ3) is 2.51. The number of nitrogens with zero attached hydrogens (tertiary/aromatic N) is 4. The zero-order chi connectivity index (χ0) is 14.2. The van der Waals surface area contributed by atoms with Gasteiger partial charge in [-0.1, -0.05) is 6.92 Å². The van der Waals surface area contributed by atoms with Gasteiger partial charge in [0.25, 0.3) is 0 Å². The molecule has 0 amide bonds. The van der Waals surface area contributed by atoms with Crippen LogP contribution >= 0.6 is 0 Å². The first-order chi connectivity index (χ1) is 8.95. The number of carbonyl (C=O) groups is 1. The smallest absolute Gasteiger partial charge is 0.334 e. The molecule has 0 atom stereocenters. The lowest BCUT2D eigenvalue weighted by atomic mass is 10.2. The average molecular weight is 268 g/mol. The molecule has 8 heteroatoms. The van der Waals surface area contributed by atoms with E-state index in [0.717, 1.165) is 12.8 Å². The number of hydrogen-bond donors (Lipinski definition) is 1. The Bertz CT molecular complexity index is 521. The van der Waals surface area contributed by atoms with Gasteiger partial charge in [-0.05, 0) is 19.3 Å². The summed E-state index contributed by atoms with van der Waals surface area (Å²) in [6.45, 7) is 1.55. The van der Waals surface area contributed by atoms with Crippen molar-refractivity contribution in [3.63, 3.8) is 0 Å². The highest BCUT2D eigenvalue weighted by molar-refractivity contribution is 5.76. The van der Waals surface area contributed by atoms with E-state index in [1.807, 2.05) is 0 Å². The van der Waals surface area contributed by atoms with Gasteiger partial charge in [0.05, 0.1) is 4.92 Å². The number of rotatable bonds is 6. The first kappa shape index (κ1) is 13.3. The number of nitro groups is 1. The Kier molecular flexibility index (Phi) is 3.41. The van der Waals surface area contributed by atoms with Gasteiger partial charge in [-0.25, -0.2) is 4.68 Å². The topological polar surface area (TPSA) is 102 Å². The highest BCUT2D eigenvalue weighted by atomic mass is 16.6. The second-order valence-electron chi connectivity index (χ2n) is 4.61. The molecule has 1 aliphatic rings. The van der Waals surface area contributed by atoms with Gasteiger partial charge in [0.15, 0.2) is 0 Å². The summed E-state index contributed by atoms with van der Waals surface area (Å²) in [6.07, 6.45) is 2.16. The standard InChI is InChI=1S/C11H16N4O4/c1-3-8-10(15(18)19)11(13(2)12-8)14(6-9(16)17)7-4-5-7/h7H,3-6H2,1-2H3,(H,16,17). The second kappa shape index (κ2) is 4.87. The van der Waals surface area contributed by atoms with Crippen LogP contribution in [0.5, 0.6) is 0 Å². The number of aliphatic carboxylic acids is 1. The Morgan fingerprint density at radius 1 is 1.63 bits per heavy atom. The van der Waals surface area contributed by atoms with Crippen LogP contribution in [-0.4, -0.2) is 38.4 Å². The predicted molar refractivity (Wildman–Crippen MR) is 67.2 cm³/mol. The zero-order valence-electron chi connectivity index (χ0n) is 10.9. The van der Waals surface area contributed by atoms with Crippen LogP contribution < -0.4 is 4.90 Å². The lowest BCUT2D eigenvalue weighted by Gasteiger charge is -2.21. The van der Waals surface area contributed by atoms with Crippen LogP contribution in [0.25, 0.3) is 0 Å². The summed E-state index contributed by atoms with van der Waals surface area (Å²) < 4.78 is 1.41. The summed E-state index contributed by atoms with van der Waals surface area (Å²) in [5.74, 6) is -0.702. The third-order valence-corrected chi connectivity index (χ3v) is 3.15. The molecule has 1 aliphatic carbocycles. The van der Waals surface area contributed by atoms with E-state index in [9.17, 15) is 14.9 Å². The summed E-state index contributed by atoms with van der Waals surface area (Å²) in [7, 11) is 1.61. The summed E-state index contributed by atoms with van der Waals surface area (Å²) >= 11 is 0. The Balaban J connectivity index is 2.48. The van der Waals surface area contributed by atoms with Crippen LogP contribution in [0.1, 0.15) is 25.5 Å². The lowest BCUT2D eigenvalue weighted by Crippen LogP contribution is -2.33.